The molecule has 0 heterocycles. The smallest absolute Gasteiger partial charge is 0.118 e. The number of methoxy groups -OCH3 is 2. The van der Waals surface area contributed by atoms with Crippen molar-refractivity contribution in [3.63, 3.8) is 0 Å². The first-order valence-electron chi connectivity index (χ1n) is 11.0. The summed E-state index contributed by atoms with van der Waals surface area (Å²) in [5.74, 6) is 1.61. The molecule has 0 saturated carbocycles. The van der Waals surface area contributed by atoms with E-state index in [0.717, 1.165) is 33.8 Å². The fourth-order valence-electron chi connectivity index (χ4n) is 3.43. The Kier molecular flexibility index (Phi) is 8.19. The molecule has 0 saturated heterocycles. The summed E-state index contributed by atoms with van der Waals surface area (Å²) in [7, 11) is 3.29. The maximum Gasteiger partial charge on any atom is 0.118 e. The van der Waals surface area contributed by atoms with E-state index in [1.807, 2.05) is 84.9 Å². The lowest BCUT2D eigenvalue weighted by atomic mass is 10.0. The molecule has 0 aliphatic heterocycles. The van der Waals surface area contributed by atoms with Crippen LogP contribution in [0.1, 0.15) is 22.3 Å². The van der Waals surface area contributed by atoms with Crippen molar-refractivity contribution in [1.82, 2.24) is 0 Å². The number of aliphatic imine (C=N–C) groups is 2. The van der Waals surface area contributed by atoms with Crippen molar-refractivity contribution in [1.29, 1.82) is 0 Å². The quantitative estimate of drug-likeness (QED) is 0.228. The highest BCUT2D eigenvalue weighted by atomic mass is 35.5. The molecule has 0 fully saturated rings. The molecule has 6 heteroatoms. The van der Waals surface area contributed by atoms with Crippen LogP contribution in [0.15, 0.2) is 94.9 Å². The van der Waals surface area contributed by atoms with Crippen molar-refractivity contribution in [2.75, 3.05) is 14.2 Å². The highest BCUT2D eigenvalue weighted by Gasteiger charge is 2.05. The normalized spacial score (nSPS) is 11.3. The molecule has 4 aromatic carbocycles. The Morgan fingerprint density at radius 3 is 1.34 bits per heavy atom. The minimum atomic E-state index is 0.596. The monoisotopic (exact) mass is 502 g/mol. The average molecular weight is 503 g/mol. The van der Waals surface area contributed by atoms with Crippen molar-refractivity contribution in [3.8, 4) is 11.5 Å². The largest absolute Gasteiger partial charge is 0.497 e. The summed E-state index contributed by atoms with van der Waals surface area (Å²) in [4.78, 5) is 9.04. The molecule has 4 aromatic rings. The van der Waals surface area contributed by atoms with Gasteiger partial charge in [0.1, 0.15) is 11.5 Å². The number of hydrogen-bond acceptors (Lipinski definition) is 4. The molecule has 4 nitrogen and oxygen atoms in total. The van der Waals surface area contributed by atoms with Crippen LogP contribution in [0.4, 0.5) is 11.4 Å². The first kappa shape index (κ1) is 24.5. The summed E-state index contributed by atoms with van der Waals surface area (Å²) in [5, 5.41) is 1.19. The van der Waals surface area contributed by atoms with Crippen molar-refractivity contribution in [2.24, 2.45) is 9.98 Å². The second-order valence-corrected chi connectivity index (χ2v) is 8.63. The van der Waals surface area contributed by atoms with Gasteiger partial charge in [0.2, 0.25) is 0 Å². The zero-order valence-corrected chi connectivity index (χ0v) is 20.9. The molecule has 4 rings (SSSR count). The van der Waals surface area contributed by atoms with Gasteiger partial charge in [0.15, 0.2) is 0 Å². The molecule has 0 spiro atoms. The van der Waals surface area contributed by atoms with E-state index in [-0.39, 0.29) is 0 Å². The summed E-state index contributed by atoms with van der Waals surface area (Å²) in [6.07, 6.45) is 4.26. The molecule has 0 aliphatic rings. The minimum Gasteiger partial charge on any atom is -0.497 e. The van der Waals surface area contributed by atoms with Gasteiger partial charge in [-0.3, -0.25) is 9.98 Å². The van der Waals surface area contributed by atoms with Crippen LogP contribution in [0.3, 0.4) is 0 Å². The van der Waals surface area contributed by atoms with E-state index in [0.29, 0.717) is 27.8 Å². The third-order valence-electron chi connectivity index (χ3n) is 5.37. The first-order valence-corrected chi connectivity index (χ1v) is 11.7. The number of halogens is 2. The predicted molar refractivity (Wildman–Crippen MR) is 146 cm³/mol. The molecule has 0 bridgehead atoms. The fourth-order valence-corrected chi connectivity index (χ4v) is 3.94. The average Bonchev–Trinajstić information content (AvgIpc) is 2.88. The maximum atomic E-state index is 6.50. The van der Waals surface area contributed by atoms with Crippen molar-refractivity contribution < 1.29 is 9.47 Å². The maximum absolute atomic E-state index is 6.50. The lowest BCUT2D eigenvalue weighted by Gasteiger charge is -2.07. The summed E-state index contributed by atoms with van der Waals surface area (Å²) < 4.78 is 10.4. The Bertz CT molecular complexity index is 1240. The summed E-state index contributed by atoms with van der Waals surface area (Å²) in [6, 6.07) is 27.1. The van der Waals surface area contributed by atoms with Gasteiger partial charge in [0, 0.05) is 12.4 Å². The van der Waals surface area contributed by atoms with E-state index >= 15 is 0 Å². The number of rotatable bonds is 8. The van der Waals surface area contributed by atoms with E-state index in [9.17, 15) is 0 Å². The molecule has 0 aromatic heterocycles. The SMILES string of the molecule is COc1ccc(C=Nc2ccc(Cc3ccc(N=Cc4ccc(OC)cc4)c(Cl)c3)cc2Cl)cc1. The van der Waals surface area contributed by atoms with E-state index < -0.39 is 0 Å². The van der Waals surface area contributed by atoms with Gasteiger partial charge in [-0.1, -0.05) is 35.3 Å². The highest BCUT2D eigenvalue weighted by molar-refractivity contribution is 6.33. The molecular weight excluding hydrogens is 479 g/mol. The summed E-state index contributed by atoms with van der Waals surface area (Å²) in [6.45, 7) is 0. The van der Waals surface area contributed by atoms with Crippen molar-refractivity contribution >= 4 is 47.0 Å². The second kappa shape index (κ2) is 11.7. The minimum absolute atomic E-state index is 0.596. The van der Waals surface area contributed by atoms with E-state index in [4.69, 9.17) is 32.7 Å². The zero-order valence-electron chi connectivity index (χ0n) is 19.4. The molecule has 0 amide bonds. The number of ether oxygens (including phenoxy) is 2. The van der Waals surface area contributed by atoms with Crippen LogP contribution >= 0.6 is 23.2 Å². The van der Waals surface area contributed by atoms with E-state index in [1.54, 1.807) is 26.6 Å². The topological polar surface area (TPSA) is 43.2 Å². The van der Waals surface area contributed by atoms with Crippen molar-refractivity contribution in [2.45, 2.75) is 6.42 Å². The Morgan fingerprint density at radius 2 is 1.00 bits per heavy atom. The molecule has 0 atom stereocenters. The van der Waals surface area contributed by atoms with Gasteiger partial charge in [-0.05, 0) is 101 Å². The van der Waals surface area contributed by atoms with Crippen LogP contribution in [-0.2, 0) is 6.42 Å². The van der Waals surface area contributed by atoms with Crippen LogP contribution in [0.25, 0.3) is 0 Å². The van der Waals surface area contributed by atoms with Crippen molar-refractivity contribution in [3.05, 3.63) is 117 Å². The molecule has 0 aliphatic carbocycles. The molecule has 176 valence electrons. The molecule has 0 N–H and O–H groups in total. The van der Waals surface area contributed by atoms with Gasteiger partial charge < -0.3 is 9.47 Å². The Balaban J connectivity index is 1.42. The fraction of sp³-hybridized carbons (Fsp3) is 0.103. The molecule has 0 radical (unpaired) electrons. The van der Waals surface area contributed by atoms with Gasteiger partial charge >= 0.3 is 0 Å². The van der Waals surface area contributed by atoms with Gasteiger partial charge in [0.05, 0.1) is 35.6 Å². The van der Waals surface area contributed by atoms with Gasteiger partial charge in [-0.15, -0.1) is 0 Å². The molecule has 0 unspecified atom stereocenters. The Labute approximate surface area is 215 Å². The van der Waals surface area contributed by atoms with Crippen LogP contribution in [0.2, 0.25) is 10.0 Å². The third-order valence-corrected chi connectivity index (χ3v) is 5.97. The number of nitrogens with zero attached hydrogens (tertiary/aromatic N) is 2. The Hall–Kier alpha value is -3.60. The van der Waals surface area contributed by atoms with Gasteiger partial charge in [-0.2, -0.15) is 0 Å². The molecular formula is C29H24Cl2N2O2. The summed E-state index contributed by atoms with van der Waals surface area (Å²) in [5.41, 5.74) is 5.51. The molecule has 35 heavy (non-hydrogen) atoms. The lowest BCUT2D eigenvalue weighted by molar-refractivity contribution is 0.414. The third kappa shape index (κ3) is 6.72. The first-order chi connectivity index (χ1) is 17.0. The summed E-state index contributed by atoms with van der Waals surface area (Å²) >= 11 is 13.0. The van der Waals surface area contributed by atoms with E-state index in [2.05, 4.69) is 9.98 Å². The van der Waals surface area contributed by atoms with Crippen LogP contribution in [-0.4, -0.2) is 26.6 Å². The van der Waals surface area contributed by atoms with E-state index in [1.165, 1.54) is 0 Å². The standard InChI is InChI=1S/C29H24Cl2N2O2/c1-34-24-9-3-20(4-10-24)18-32-28-13-7-22(16-26(28)30)15-23-8-14-29(27(31)17-23)33-19-21-5-11-25(35-2)12-6-21/h3-14,16-19H,15H2,1-2H3. The lowest BCUT2D eigenvalue weighted by Crippen LogP contribution is -1.89. The van der Waals surface area contributed by atoms with Crippen LogP contribution < -0.4 is 9.47 Å². The zero-order chi connectivity index (χ0) is 24.6. The number of hydrogen-bond donors (Lipinski definition) is 0. The van der Waals surface area contributed by atoms with Gasteiger partial charge in [0.25, 0.3) is 0 Å². The number of benzene rings is 4. The van der Waals surface area contributed by atoms with Gasteiger partial charge in [-0.25, -0.2) is 0 Å². The van der Waals surface area contributed by atoms with Crippen LogP contribution in [0.5, 0.6) is 11.5 Å². The Morgan fingerprint density at radius 1 is 0.600 bits per heavy atom. The van der Waals surface area contributed by atoms with Crippen LogP contribution in [0, 0.1) is 0 Å². The predicted octanol–water partition coefficient (Wildman–Crippen LogP) is 8.10. The second-order valence-electron chi connectivity index (χ2n) is 7.81. The highest BCUT2D eigenvalue weighted by Crippen LogP contribution is 2.30.